The molecule has 216 valence electrons. The molecule has 0 fully saturated rings. The highest BCUT2D eigenvalue weighted by Crippen LogP contribution is 2.59. The standard InChI is InChI=1S/C27H16Cl4F6N2O2/c28-19-9-13(10-20(29)23(19)40-17-5-1-15(38)2-6-17)25(26(32,33)34,27(35,36)37)14-11-21(30)24(22(31)12-14)41-18-7-3-16(39)4-8-18/h1-12H,38-39H2. The van der Waals surface area contributed by atoms with Gasteiger partial charge in [-0.15, -0.1) is 0 Å². The second-order valence-electron chi connectivity index (χ2n) is 8.63. The summed E-state index contributed by atoms with van der Waals surface area (Å²) in [6.07, 6.45) is -12.0. The van der Waals surface area contributed by atoms with Crippen LogP contribution in [-0.4, -0.2) is 12.4 Å². The Morgan fingerprint density at radius 3 is 1.00 bits per heavy atom. The molecule has 0 spiro atoms. The third kappa shape index (κ3) is 5.92. The molecular formula is C27H16Cl4F6N2O2. The van der Waals surface area contributed by atoms with Gasteiger partial charge in [-0.05, 0) is 83.9 Å². The van der Waals surface area contributed by atoms with Gasteiger partial charge in [0.25, 0.3) is 0 Å². The Morgan fingerprint density at radius 1 is 0.488 bits per heavy atom. The average molecular weight is 656 g/mol. The highest BCUT2D eigenvalue weighted by Gasteiger charge is 2.73. The molecule has 0 bridgehead atoms. The molecule has 0 aliphatic rings. The zero-order valence-electron chi connectivity index (χ0n) is 20.2. The second-order valence-corrected chi connectivity index (χ2v) is 10.3. The minimum Gasteiger partial charge on any atom is -0.454 e. The van der Waals surface area contributed by atoms with Crippen LogP contribution in [0.4, 0.5) is 37.7 Å². The lowest BCUT2D eigenvalue weighted by Gasteiger charge is -2.39. The topological polar surface area (TPSA) is 70.5 Å². The summed E-state index contributed by atoms with van der Waals surface area (Å²) in [5.74, 6) is -0.486. The number of anilines is 2. The molecule has 0 saturated carbocycles. The summed E-state index contributed by atoms with van der Waals surface area (Å²) in [6.45, 7) is 0. The van der Waals surface area contributed by atoms with Crippen molar-refractivity contribution in [2.24, 2.45) is 0 Å². The van der Waals surface area contributed by atoms with Gasteiger partial charge in [0.1, 0.15) is 11.5 Å². The molecule has 41 heavy (non-hydrogen) atoms. The molecule has 0 saturated heterocycles. The van der Waals surface area contributed by atoms with Crippen molar-refractivity contribution < 1.29 is 35.8 Å². The van der Waals surface area contributed by atoms with Gasteiger partial charge in [0.2, 0.25) is 5.41 Å². The quantitative estimate of drug-likeness (QED) is 0.160. The van der Waals surface area contributed by atoms with Crippen molar-refractivity contribution in [1.82, 2.24) is 0 Å². The summed E-state index contributed by atoms with van der Waals surface area (Å²) in [5.41, 5.74) is 4.61. The van der Waals surface area contributed by atoms with Crippen molar-refractivity contribution in [3.05, 3.63) is 104 Å². The van der Waals surface area contributed by atoms with Gasteiger partial charge < -0.3 is 20.9 Å². The van der Waals surface area contributed by atoms with Crippen LogP contribution in [0, 0.1) is 0 Å². The number of hydrogen-bond acceptors (Lipinski definition) is 4. The predicted molar refractivity (Wildman–Crippen MR) is 148 cm³/mol. The maximum atomic E-state index is 14.8. The van der Waals surface area contributed by atoms with E-state index in [1.165, 1.54) is 48.5 Å². The van der Waals surface area contributed by atoms with E-state index in [4.69, 9.17) is 67.3 Å². The van der Waals surface area contributed by atoms with Crippen LogP contribution in [0.25, 0.3) is 0 Å². The minimum atomic E-state index is -5.98. The fraction of sp³-hybridized carbons (Fsp3) is 0.111. The van der Waals surface area contributed by atoms with Gasteiger partial charge in [-0.2, -0.15) is 26.3 Å². The molecule has 0 aliphatic carbocycles. The fourth-order valence-corrected chi connectivity index (χ4v) is 5.17. The van der Waals surface area contributed by atoms with Crippen molar-refractivity contribution in [2.75, 3.05) is 11.5 Å². The van der Waals surface area contributed by atoms with Gasteiger partial charge in [0, 0.05) is 11.4 Å². The molecule has 4 aromatic rings. The molecular weight excluding hydrogens is 640 g/mol. The maximum Gasteiger partial charge on any atom is 0.411 e. The van der Waals surface area contributed by atoms with E-state index in [-0.39, 0.29) is 23.0 Å². The fourth-order valence-electron chi connectivity index (χ4n) is 4.04. The minimum absolute atomic E-state index is 0.129. The van der Waals surface area contributed by atoms with Crippen LogP contribution >= 0.6 is 46.4 Å². The number of nitrogens with two attached hydrogens (primary N) is 2. The van der Waals surface area contributed by atoms with E-state index in [0.29, 0.717) is 35.6 Å². The Morgan fingerprint density at radius 2 is 0.756 bits per heavy atom. The number of ether oxygens (including phenoxy) is 2. The molecule has 4 rings (SSSR count). The Kier molecular flexibility index (Phi) is 8.44. The van der Waals surface area contributed by atoms with Crippen LogP contribution in [0.5, 0.6) is 23.0 Å². The van der Waals surface area contributed by atoms with Crippen LogP contribution in [0.1, 0.15) is 11.1 Å². The van der Waals surface area contributed by atoms with Crippen molar-refractivity contribution in [3.8, 4) is 23.0 Å². The van der Waals surface area contributed by atoms with Gasteiger partial charge in [-0.1, -0.05) is 46.4 Å². The number of alkyl halides is 6. The van der Waals surface area contributed by atoms with E-state index < -0.39 is 49.0 Å². The zero-order valence-corrected chi connectivity index (χ0v) is 23.2. The van der Waals surface area contributed by atoms with E-state index in [1.54, 1.807) is 0 Å². The molecule has 0 heterocycles. The monoisotopic (exact) mass is 654 g/mol. The summed E-state index contributed by atoms with van der Waals surface area (Å²) < 4.78 is 99.6. The first-order valence-electron chi connectivity index (χ1n) is 11.2. The summed E-state index contributed by atoms with van der Waals surface area (Å²) >= 11 is 24.6. The van der Waals surface area contributed by atoms with Crippen LogP contribution in [0.15, 0.2) is 72.8 Å². The third-order valence-corrected chi connectivity index (χ3v) is 7.04. The van der Waals surface area contributed by atoms with E-state index in [2.05, 4.69) is 0 Å². The lowest BCUT2D eigenvalue weighted by atomic mass is 9.73. The SMILES string of the molecule is Nc1ccc(Oc2c(Cl)cc(C(c3cc(Cl)c(Oc4ccc(N)cc4)c(Cl)c3)(C(F)(F)F)C(F)(F)F)cc2Cl)cc1. The first-order chi connectivity index (χ1) is 19.0. The molecule has 0 radical (unpaired) electrons. The molecule has 0 aromatic heterocycles. The normalized spacial score (nSPS) is 12.3. The first-order valence-corrected chi connectivity index (χ1v) is 12.7. The van der Waals surface area contributed by atoms with Crippen LogP contribution in [0.3, 0.4) is 0 Å². The largest absolute Gasteiger partial charge is 0.454 e. The number of nitrogen functional groups attached to an aromatic ring is 2. The van der Waals surface area contributed by atoms with Crippen LogP contribution in [0.2, 0.25) is 20.1 Å². The van der Waals surface area contributed by atoms with Crippen molar-refractivity contribution in [2.45, 2.75) is 17.8 Å². The number of rotatable bonds is 6. The molecule has 4 aromatic carbocycles. The second kappa shape index (κ2) is 11.2. The molecule has 0 amide bonds. The number of hydrogen-bond donors (Lipinski definition) is 2. The Bertz CT molecular complexity index is 1410. The molecule has 4 N–H and O–H groups in total. The van der Waals surface area contributed by atoms with E-state index in [9.17, 15) is 26.3 Å². The molecule has 4 nitrogen and oxygen atoms in total. The predicted octanol–water partition coefficient (Wildman–Crippen LogP) is 10.5. The molecule has 0 atom stereocenters. The van der Waals surface area contributed by atoms with Crippen LogP contribution < -0.4 is 20.9 Å². The van der Waals surface area contributed by atoms with Crippen molar-refractivity contribution in [1.29, 1.82) is 0 Å². The Labute approximate surface area is 249 Å². The Balaban J connectivity index is 1.89. The van der Waals surface area contributed by atoms with Gasteiger partial charge in [0.15, 0.2) is 11.5 Å². The summed E-state index contributed by atoms with van der Waals surface area (Å²) in [6, 6.07) is 13.3. The van der Waals surface area contributed by atoms with E-state index in [1.807, 2.05) is 0 Å². The molecule has 0 unspecified atom stereocenters. The highest BCUT2D eigenvalue weighted by molar-refractivity contribution is 6.38. The van der Waals surface area contributed by atoms with E-state index in [0.717, 1.165) is 0 Å². The lowest BCUT2D eigenvalue weighted by Crippen LogP contribution is -2.54. The average Bonchev–Trinajstić information content (AvgIpc) is 2.84. The third-order valence-electron chi connectivity index (χ3n) is 5.91. The van der Waals surface area contributed by atoms with Crippen molar-refractivity contribution in [3.63, 3.8) is 0 Å². The molecule has 14 heteroatoms. The van der Waals surface area contributed by atoms with E-state index >= 15 is 0 Å². The summed E-state index contributed by atoms with van der Waals surface area (Å²) in [7, 11) is 0. The number of benzene rings is 4. The number of halogens is 10. The van der Waals surface area contributed by atoms with Crippen molar-refractivity contribution >= 4 is 57.8 Å². The van der Waals surface area contributed by atoms with Gasteiger partial charge in [-0.3, -0.25) is 0 Å². The van der Waals surface area contributed by atoms with Gasteiger partial charge in [-0.25, -0.2) is 0 Å². The Hall–Kier alpha value is -3.18. The maximum absolute atomic E-state index is 14.8. The van der Waals surface area contributed by atoms with Gasteiger partial charge >= 0.3 is 12.4 Å². The molecule has 0 aliphatic heterocycles. The zero-order chi connectivity index (χ0) is 30.3. The first kappa shape index (κ1) is 30.8. The summed E-state index contributed by atoms with van der Waals surface area (Å²) in [4.78, 5) is 0. The van der Waals surface area contributed by atoms with Gasteiger partial charge in [0.05, 0.1) is 20.1 Å². The highest BCUT2D eigenvalue weighted by atomic mass is 35.5. The smallest absolute Gasteiger partial charge is 0.411 e. The van der Waals surface area contributed by atoms with Crippen LogP contribution in [-0.2, 0) is 5.41 Å². The summed E-state index contributed by atoms with van der Waals surface area (Å²) in [5, 5.41) is -2.49. The lowest BCUT2D eigenvalue weighted by molar-refractivity contribution is -0.288.